The van der Waals surface area contributed by atoms with Gasteiger partial charge in [-0.1, -0.05) is 0 Å². The first-order valence-electron chi connectivity index (χ1n) is 4.55. The number of tetrazole rings is 1. The van der Waals surface area contributed by atoms with Gasteiger partial charge in [-0.2, -0.15) is 13.2 Å². The van der Waals surface area contributed by atoms with Crippen molar-refractivity contribution in [3.8, 4) is 0 Å². The Morgan fingerprint density at radius 1 is 1.39 bits per heavy atom. The highest BCUT2D eigenvalue weighted by Gasteiger charge is 2.34. The number of amides is 1. The number of carbonyl (C=O) groups excluding carboxylic acids is 1. The van der Waals surface area contributed by atoms with E-state index in [2.05, 4.69) is 15.5 Å². The first kappa shape index (κ1) is 13.9. The minimum atomic E-state index is -4.67. The van der Waals surface area contributed by atoms with Crippen LogP contribution in [-0.2, 0) is 16.1 Å². The van der Waals surface area contributed by atoms with Gasteiger partial charge in [0.1, 0.15) is 26.0 Å². The summed E-state index contributed by atoms with van der Waals surface area (Å²) in [5.74, 6) is -2.58. The van der Waals surface area contributed by atoms with E-state index >= 15 is 0 Å². The van der Waals surface area contributed by atoms with Gasteiger partial charge in [0, 0.05) is 0 Å². The highest BCUT2D eigenvalue weighted by Crippen LogP contribution is 2.16. The number of carboxylic acids is 1. The molecule has 0 saturated carbocycles. The van der Waals surface area contributed by atoms with Crippen molar-refractivity contribution in [1.82, 2.24) is 25.1 Å². The number of nitrogens with zero attached hydrogens (tertiary/aromatic N) is 5. The zero-order valence-corrected chi connectivity index (χ0v) is 8.83. The molecule has 1 N–H and O–H groups in total. The second-order valence-corrected chi connectivity index (χ2v) is 3.27. The van der Waals surface area contributed by atoms with Gasteiger partial charge in [-0.25, -0.2) is 4.68 Å². The molecule has 1 aromatic rings. The molecule has 0 aliphatic carbocycles. The fourth-order valence-electron chi connectivity index (χ4n) is 1.10. The van der Waals surface area contributed by atoms with Gasteiger partial charge >= 0.3 is 12.1 Å². The van der Waals surface area contributed by atoms with Crippen LogP contribution in [0.2, 0.25) is 0 Å². The number of alkyl halides is 3. The maximum atomic E-state index is 12.2. The van der Waals surface area contributed by atoms with Crippen LogP contribution in [0.15, 0.2) is 6.33 Å². The molecule has 1 amide bonds. The van der Waals surface area contributed by atoms with E-state index in [1.165, 1.54) is 0 Å². The lowest BCUT2D eigenvalue weighted by Gasteiger charge is -2.21. The van der Waals surface area contributed by atoms with E-state index in [0.29, 0.717) is 0 Å². The average molecular weight is 267 g/mol. The lowest BCUT2D eigenvalue weighted by molar-refractivity contribution is -0.166. The molecule has 0 fully saturated rings. The first-order chi connectivity index (χ1) is 8.28. The van der Waals surface area contributed by atoms with Crippen molar-refractivity contribution in [3.05, 3.63) is 6.33 Å². The Hall–Kier alpha value is -2.20. The Morgan fingerprint density at radius 3 is 2.50 bits per heavy atom. The van der Waals surface area contributed by atoms with Crippen molar-refractivity contribution in [2.75, 3.05) is 13.1 Å². The van der Waals surface area contributed by atoms with Gasteiger partial charge in [0.15, 0.2) is 0 Å². The summed E-state index contributed by atoms with van der Waals surface area (Å²) >= 11 is 0. The molecule has 100 valence electrons. The van der Waals surface area contributed by atoms with Crippen LogP contribution in [-0.4, -0.2) is 61.4 Å². The van der Waals surface area contributed by atoms with Crippen LogP contribution in [0.1, 0.15) is 0 Å². The van der Waals surface area contributed by atoms with E-state index in [-0.39, 0.29) is 4.90 Å². The molecule has 0 aromatic carbocycles. The van der Waals surface area contributed by atoms with E-state index in [4.69, 9.17) is 5.11 Å². The largest absolute Gasteiger partial charge is 0.480 e. The maximum absolute atomic E-state index is 12.2. The Kier molecular flexibility index (Phi) is 4.18. The molecule has 1 heterocycles. The summed E-state index contributed by atoms with van der Waals surface area (Å²) in [6.45, 7) is -3.24. The van der Waals surface area contributed by atoms with Crippen molar-refractivity contribution in [1.29, 1.82) is 0 Å². The summed E-state index contributed by atoms with van der Waals surface area (Å²) < 4.78 is 37.4. The second-order valence-electron chi connectivity index (χ2n) is 3.27. The molecule has 0 spiro atoms. The number of aliphatic carboxylic acids is 1. The molecule has 8 nitrogen and oxygen atoms in total. The zero-order valence-electron chi connectivity index (χ0n) is 8.83. The standard InChI is InChI=1S/C7H8F3N5O3/c8-7(9,10)3-14(2-6(17)18)5(16)1-15-4-11-12-13-15/h4H,1-3H2,(H,17,18). The van der Waals surface area contributed by atoms with Gasteiger partial charge in [-0.05, 0) is 10.4 Å². The summed E-state index contributed by atoms with van der Waals surface area (Å²) in [4.78, 5) is 22.0. The minimum absolute atomic E-state index is 0.171. The molecule has 1 rings (SSSR count). The Morgan fingerprint density at radius 2 is 2.06 bits per heavy atom. The third-order valence-corrected chi connectivity index (χ3v) is 1.74. The molecular formula is C7H8F3N5O3. The number of carbonyl (C=O) groups is 2. The quantitative estimate of drug-likeness (QED) is 0.745. The van der Waals surface area contributed by atoms with Gasteiger partial charge in [-0.15, -0.1) is 5.10 Å². The normalized spacial score (nSPS) is 11.3. The summed E-state index contributed by atoms with van der Waals surface area (Å²) in [6, 6.07) is 0. The maximum Gasteiger partial charge on any atom is 0.406 e. The van der Waals surface area contributed by atoms with Crippen LogP contribution >= 0.6 is 0 Å². The molecule has 11 heteroatoms. The van der Waals surface area contributed by atoms with Crippen molar-refractivity contribution in [2.45, 2.75) is 12.7 Å². The lowest BCUT2D eigenvalue weighted by atomic mass is 10.4. The number of halogens is 3. The molecule has 0 unspecified atom stereocenters. The van der Waals surface area contributed by atoms with E-state index in [1.54, 1.807) is 0 Å². The van der Waals surface area contributed by atoms with Crippen LogP contribution in [0.3, 0.4) is 0 Å². The number of rotatable bonds is 5. The predicted octanol–water partition coefficient (Wildman–Crippen LogP) is -0.851. The van der Waals surface area contributed by atoms with E-state index in [0.717, 1.165) is 11.0 Å². The van der Waals surface area contributed by atoms with Gasteiger partial charge in [0.25, 0.3) is 0 Å². The molecule has 1 aromatic heterocycles. The van der Waals surface area contributed by atoms with E-state index in [9.17, 15) is 22.8 Å². The highest BCUT2D eigenvalue weighted by atomic mass is 19.4. The molecule has 0 aliphatic rings. The van der Waals surface area contributed by atoms with Crippen LogP contribution in [0.4, 0.5) is 13.2 Å². The second kappa shape index (κ2) is 5.42. The molecule has 0 aliphatic heterocycles. The van der Waals surface area contributed by atoms with E-state index in [1.807, 2.05) is 0 Å². The smallest absolute Gasteiger partial charge is 0.406 e. The van der Waals surface area contributed by atoms with Gasteiger partial charge < -0.3 is 10.0 Å². The van der Waals surface area contributed by atoms with Gasteiger partial charge in [0.05, 0.1) is 0 Å². The van der Waals surface area contributed by atoms with Crippen LogP contribution in [0, 0.1) is 0 Å². The molecule has 18 heavy (non-hydrogen) atoms. The molecule has 0 atom stereocenters. The minimum Gasteiger partial charge on any atom is -0.480 e. The van der Waals surface area contributed by atoms with Crippen molar-refractivity contribution >= 4 is 11.9 Å². The van der Waals surface area contributed by atoms with Crippen LogP contribution in [0.25, 0.3) is 0 Å². The third kappa shape index (κ3) is 4.76. The van der Waals surface area contributed by atoms with Crippen LogP contribution < -0.4 is 0 Å². The molecule has 0 saturated heterocycles. The SMILES string of the molecule is O=C(O)CN(CC(F)(F)F)C(=O)Cn1cnnn1. The summed E-state index contributed by atoms with van der Waals surface area (Å²) in [7, 11) is 0. The third-order valence-electron chi connectivity index (χ3n) is 1.74. The van der Waals surface area contributed by atoms with Crippen molar-refractivity contribution in [2.24, 2.45) is 0 Å². The zero-order chi connectivity index (χ0) is 13.8. The molecular weight excluding hydrogens is 259 g/mol. The fraction of sp³-hybridized carbons (Fsp3) is 0.571. The average Bonchev–Trinajstić information content (AvgIpc) is 2.66. The van der Waals surface area contributed by atoms with Crippen LogP contribution in [0.5, 0.6) is 0 Å². The Labute approximate surface area is 98.0 Å². The number of carboxylic acid groups (broad SMARTS) is 1. The number of hydrogen-bond donors (Lipinski definition) is 1. The van der Waals surface area contributed by atoms with E-state index < -0.39 is 37.7 Å². The molecule has 0 radical (unpaired) electrons. The molecule has 0 bridgehead atoms. The monoisotopic (exact) mass is 267 g/mol. The summed E-state index contributed by atoms with van der Waals surface area (Å²) in [6.07, 6.45) is -3.64. The van der Waals surface area contributed by atoms with Crippen molar-refractivity contribution in [3.63, 3.8) is 0 Å². The van der Waals surface area contributed by atoms with Gasteiger partial charge in [-0.3, -0.25) is 9.59 Å². The van der Waals surface area contributed by atoms with Crippen molar-refractivity contribution < 1.29 is 27.9 Å². The number of hydrogen-bond acceptors (Lipinski definition) is 5. The Bertz CT molecular complexity index is 418. The fourth-order valence-corrected chi connectivity index (χ4v) is 1.10. The topological polar surface area (TPSA) is 101 Å². The number of aromatic nitrogens is 4. The first-order valence-corrected chi connectivity index (χ1v) is 4.55. The Balaban J connectivity index is 2.69. The van der Waals surface area contributed by atoms with Gasteiger partial charge in [0.2, 0.25) is 5.91 Å². The summed E-state index contributed by atoms with van der Waals surface area (Å²) in [5, 5.41) is 18.1. The lowest BCUT2D eigenvalue weighted by Crippen LogP contribution is -2.43. The highest BCUT2D eigenvalue weighted by molar-refractivity contribution is 5.81. The predicted molar refractivity (Wildman–Crippen MR) is 48.1 cm³/mol. The summed E-state index contributed by atoms with van der Waals surface area (Å²) in [5.41, 5.74) is 0.